The van der Waals surface area contributed by atoms with Gasteiger partial charge in [0.05, 0.1) is 12.9 Å². The average Bonchev–Trinajstić information content (AvgIpc) is 3.21. The molecule has 8 nitrogen and oxygen atoms in total. The molecule has 1 aromatic rings. The normalized spacial score (nSPS) is 18.8. The van der Waals surface area contributed by atoms with Gasteiger partial charge in [-0.1, -0.05) is 12.8 Å². The quantitative estimate of drug-likeness (QED) is 0.709. The second kappa shape index (κ2) is 9.47. The molecule has 0 atom stereocenters. The molecule has 2 fully saturated rings. The summed E-state index contributed by atoms with van der Waals surface area (Å²) in [7, 11) is -1.75. The van der Waals surface area contributed by atoms with Crippen LogP contribution in [-0.4, -0.2) is 70.4 Å². The SMILES string of the molecule is COc1ccc(N2CCN(S(=O)(=O)CCNC(=O)NC3CCCC3)CC2)cc1. The molecule has 0 bridgehead atoms. The van der Waals surface area contributed by atoms with Crippen LogP contribution in [0.3, 0.4) is 0 Å². The maximum atomic E-state index is 12.6. The van der Waals surface area contributed by atoms with Gasteiger partial charge in [0.25, 0.3) is 0 Å². The van der Waals surface area contributed by atoms with E-state index < -0.39 is 10.0 Å². The number of methoxy groups -OCH3 is 1. The summed E-state index contributed by atoms with van der Waals surface area (Å²) in [5, 5.41) is 5.57. The first-order valence-corrected chi connectivity index (χ1v) is 11.5. The van der Waals surface area contributed by atoms with Crippen molar-refractivity contribution in [3.8, 4) is 5.75 Å². The summed E-state index contributed by atoms with van der Waals surface area (Å²) in [4.78, 5) is 14.0. The number of sulfonamides is 1. The second-order valence-corrected chi connectivity index (χ2v) is 9.37. The number of carbonyl (C=O) groups is 1. The summed E-state index contributed by atoms with van der Waals surface area (Å²) in [6, 6.07) is 7.72. The summed E-state index contributed by atoms with van der Waals surface area (Å²) >= 11 is 0. The van der Waals surface area contributed by atoms with Gasteiger partial charge in [-0.2, -0.15) is 4.31 Å². The lowest BCUT2D eigenvalue weighted by atomic mass is 10.2. The number of rotatable bonds is 7. The summed E-state index contributed by atoms with van der Waals surface area (Å²) < 4.78 is 31.8. The number of hydrogen-bond donors (Lipinski definition) is 2. The molecule has 1 heterocycles. The molecule has 3 rings (SSSR count). The molecule has 1 saturated heterocycles. The summed E-state index contributed by atoms with van der Waals surface area (Å²) in [5.41, 5.74) is 1.06. The van der Waals surface area contributed by atoms with E-state index in [1.165, 1.54) is 4.31 Å². The zero-order valence-electron chi connectivity index (χ0n) is 16.4. The van der Waals surface area contributed by atoms with E-state index in [1.807, 2.05) is 24.3 Å². The summed E-state index contributed by atoms with van der Waals surface area (Å²) in [5.74, 6) is 0.725. The Kier molecular flexibility index (Phi) is 7.01. The zero-order valence-corrected chi connectivity index (χ0v) is 17.2. The van der Waals surface area contributed by atoms with Crippen LogP contribution in [-0.2, 0) is 10.0 Å². The Morgan fingerprint density at radius 3 is 2.36 bits per heavy atom. The van der Waals surface area contributed by atoms with Crippen molar-refractivity contribution in [3.05, 3.63) is 24.3 Å². The highest BCUT2D eigenvalue weighted by molar-refractivity contribution is 7.89. The molecule has 1 aliphatic carbocycles. The van der Waals surface area contributed by atoms with E-state index in [2.05, 4.69) is 15.5 Å². The third kappa shape index (κ3) is 5.51. The van der Waals surface area contributed by atoms with Crippen LogP contribution in [0, 0.1) is 0 Å². The number of amides is 2. The zero-order chi connectivity index (χ0) is 20.0. The van der Waals surface area contributed by atoms with Crippen LogP contribution < -0.4 is 20.3 Å². The van der Waals surface area contributed by atoms with Crippen LogP contribution in [0.2, 0.25) is 0 Å². The Balaban J connectivity index is 1.41. The van der Waals surface area contributed by atoms with E-state index in [4.69, 9.17) is 4.74 Å². The Morgan fingerprint density at radius 2 is 1.75 bits per heavy atom. The average molecular weight is 411 g/mol. The van der Waals surface area contributed by atoms with E-state index in [0.29, 0.717) is 26.2 Å². The number of piperazine rings is 1. The van der Waals surface area contributed by atoms with E-state index in [1.54, 1.807) is 7.11 Å². The Hall–Kier alpha value is -2.00. The van der Waals surface area contributed by atoms with Crippen LogP contribution in [0.5, 0.6) is 5.75 Å². The minimum atomic E-state index is -3.38. The predicted molar refractivity (Wildman–Crippen MR) is 109 cm³/mol. The third-order valence-corrected chi connectivity index (χ3v) is 7.28. The third-order valence-electron chi connectivity index (χ3n) is 5.41. The highest BCUT2D eigenvalue weighted by Gasteiger charge is 2.27. The number of urea groups is 1. The van der Waals surface area contributed by atoms with Crippen LogP contribution in [0.25, 0.3) is 0 Å². The van der Waals surface area contributed by atoms with Gasteiger partial charge in [-0.05, 0) is 37.1 Å². The lowest BCUT2D eigenvalue weighted by Gasteiger charge is -2.35. The molecule has 156 valence electrons. The molecular weight excluding hydrogens is 380 g/mol. The minimum absolute atomic E-state index is 0.0758. The second-order valence-electron chi connectivity index (χ2n) is 7.28. The molecule has 0 unspecified atom stereocenters. The van der Waals surface area contributed by atoms with Gasteiger partial charge in [-0.15, -0.1) is 0 Å². The monoisotopic (exact) mass is 410 g/mol. The Morgan fingerprint density at radius 1 is 1.11 bits per heavy atom. The molecule has 28 heavy (non-hydrogen) atoms. The van der Waals surface area contributed by atoms with Gasteiger partial charge in [-0.3, -0.25) is 0 Å². The van der Waals surface area contributed by atoms with Crippen LogP contribution >= 0.6 is 0 Å². The van der Waals surface area contributed by atoms with Crippen molar-refractivity contribution in [2.45, 2.75) is 31.7 Å². The van der Waals surface area contributed by atoms with Crippen LogP contribution in [0.1, 0.15) is 25.7 Å². The molecule has 2 N–H and O–H groups in total. The summed E-state index contributed by atoms with van der Waals surface area (Å²) in [6.07, 6.45) is 4.29. The predicted octanol–water partition coefficient (Wildman–Crippen LogP) is 1.39. The lowest BCUT2D eigenvalue weighted by molar-refractivity contribution is 0.237. The largest absolute Gasteiger partial charge is 0.497 e. The molecule has 0 aromatic heterocycles. The van der Waals surface area contributed by atoms with Crippen molar-refractivity contribution < 1.29 is 17.9 Å². The van der Waals surface area contributed by atoms with Crippen molar-refractivity contribution in [1.29, 1.82) is 0 Å². The van der Waals surface area contributed by atoms with E-state index in [9.17, 15) is 13.2 Å². The number of nitrogens with zero attached hydrogens (tertiary/aromatic N) is 2. The number of hydrogen-bond acceptors (Lipinski definition) is 5. The number of ether oxygens (including phenoxy) is 1. The fraction of sp³-hybridized carbons (Fsp3) is 0.632. The van der Waals surface area contributed by atoms with Gasteiger partial charge >= 0.3 is 6.03 Å². The maximum absolute atomic E-state index is 12.6. The van der Waals surface area contributed by atoms with Gasteiger partial charge in [0, 0.05) is 44.5 Å². The smallest absolute Gasteiger partial charge is 0.315 e. The van der Waals surface area contributed by atoms with Crippen LogP contribution in [0.15, 0.2) is 24.3 Å². The maximum Gasteiger partial charge on any atom is 0.315 e. The van der Waals surface area contributed by atoms with Gasteiger partial charge in [-0.25, -0.2) is 13.2 Å². The fourth-order valence-corrected chi connectivity index (χ4v) is 5.08. The molecule has 1 aromatic carbocycles. The molecule has 2 amide bonds. The number of nitrogens with one attached hydrogen (secondary N) is 2. The van der Waals surface area contributed by atoms with Gasteiger partial charge in [0.15, 0.2) is 0 Å². The highest BCUT2D eigenvalue weighted by Crippen LogP contribution is 2.21. The Labute approximate surface area is 167 Å². The summed E-state index contributed by atoms with van der Waals surface area (Å²) in [6.45, 7) is 2.30. The van der Waals surface area contributed by atoms with E-state index >= 15 is 0 Å². The standard InChI is InChI=1S/C19H30N4O4S/c1-27-18-8-6-17(7-9-18)22-11-13-23(14-12-22)28(25,26)15-10-20-19(24)21-16-4-2-3-5-16/h6-9,16H,2-5,10-15H2,1H3,(H2,20,21,24). The van der Waals surface area contributed by atoms with Gasteiger partial charge in [0.1, 0.15) is 5.75 Å². The fourth-order valence-electron chi connectivity index (χ4n) is 3.75. The van der Waals surface area contributed by atoms with Crippen molar-refractivity contribution in [1.82, 2.24) is 14.9 Å². The number of anilines is 1. The van der Waals surface area contributed by atoms with E-state index in [-0.39, 0.29) is 24.4 Å². The minimum Gasteiger partial charge on any atom is -0.497 e. The molecule has 9 heteroatoms. The number of carbonyl (C=O) groups excluding carboxylic acids is 1. The van der Waals surface area contributed by atoms with Crippen molar-refractivity contribution >= 4 is 21.7 Å². The van der Waals surface area contributed by atoms with Gasteiger partial charge in [0.2, 0.25) is 10.0 Å². The first-order valence-electron chi connectivity index (χ1n) is 9.89. The van der Waals surface area contributed by atoms with E-state index in [0.717, 1.165) is 37.1 Å². The molecule has 1 saturated carbocycles. The Bertz CT molecular complexity index is 740. The van der Waals surface area contributed by atoms with Crippen molar-refractivity contribution in [2.24, 2.45) is 0 Å². The lowest BCUT2D eigenvalue weighted by Crippen LogP contribution is -2.50. The molecule has 2 aliphatic rings. The molecule has 0 spiro atoms. The first-order chi connectivity index (χ1) is 13.5. The van der Waals surface area contributed by atoms with Crippen molar-refractivity contribution in [2.75, 3.05) is 50.5 Å². The first kappa shape index (κ1) is 20.7. The van der Waals surface area contributed by atoms with Gasteiger partial charge < -0.3 is 20.3 Å². The molecule has 1 aliphatic heterocycles. The topological polar surface area (TPSA) is 91.0 Å². The highest BCUT2D eigenvalue weighted by atomic mass is 32.2. The van der Waals surface area contributed by atoms with Crippen molar-refractivity contribution in [3.63, 3.8) is 0 Å². The number of benzene rings is 1. The molecule has 0 radical (unpaired) electrons. The van der Waals surface area contributed by atoms with Crippen LogP contribution in [0.4, 0.5) is 10.5 Å². The molecular formula is C19H30N4O4S.